The van der Waals surface area contributed by atoms with E-state index < -0.39 is 0 Å². The number of hydrogen-bond acceptors (Lipinski definition) is 4. The Morgan fingerprint density at radius 3 is 3.06 bits per heavy atom. The summed E-state index contributed by atoms with van der Waals surface area (Å²) in [5.74, 6) is 0.928. The third-order valence-electron chi connectivity index (χ3n) is 3.00. The lowest BCUT2D eigenvalue weighted by molar-refractivity contribution is 0.0420. The van der Waals surface area contributed by atoms with Gasteiger partial charge in [0.2, 0.25) is 0 Å². The van der Waals surface area contributed by atoms with Crippen molar-refractivity contribution in [2.24, 2.45) is 0 Å². The first-order valence-corrected chi connectivity index (χ1v) is 5.99. The Kier molecular flexibility index (Phi) is 4.23. The van der Waals surface area contributed by atoms with Gasteiger partial charge in [0, 0.05) is 19.6 Å². The summed E-state index contributed by atoms with van der Waals surface area (Å²) in [6.07, 6.45) is 0.249. The molecule has 1 aliphatic rings. The highest BCUT2D eigenvalue weighted by Crippen LogP contribution is 2.28. The fraction of sp³-hybridized carbons (Fsp3) is 0.538. The SMILES string of the molecule is CNCC1CN(c2ccccc2OC)CCO1. The van der Waals surface area contributed by atoms with Gasteiger partial charge in [0.25, 0.3) is 0 Å². The van der Waals surface area contributed by atoms with Gasteiger partial charge in [-0.15, -0.1) is 0 Å². The first-order chi connectivity index (χ1) is 8.35. The van der Waals surface area contributed by atoms with Gasteiger partial charge in [0.15, 0.2) is 0 Å². The molecule has 17 heavy (non-hydrogen) atoms. The molecule has 4 nitrogen and oxygen atoms in total. The second-order valence-electron chi connectivity index (χ2n) is 4.17. The summed E-state index contributed by atoms with van der Waals surface area (Å²) in [6, 6.07) is 8.13. The van der Waals surface area contributed by atoms with E-state index in [-0.39, 0.29) is 6.10 Å². The average Bonchev–Trinajstić information content (AvgIpc) is 2.39. The Hall–Kier alpha value is -1.26. The Bertz CT molecular complexity index is 355. The van der Waals surface area contributed by atoms with Crippen LogP contribution >= 0.6 is 0 Å². The van der Waals surface area contributed by atoms with Crippen LogP contribution in [-0.4, -0.2) is 46.5 Å². The first kappa shape index (κ1) is 12.2. The summed E-state index contributed by atoms with van der Waals surface area (Å²) < 4.78 is 11.1. The fourth-order valence-electron chi connectivity index (χ4n) is 2.18. The molecule has 0 amide bonds. The minimum absolute atomic E-state index is 0.249. The number of methoxy groups -OCH3 is 1. The minimum Gasteiger partial charge on any atom is -0.495 e. The molecule has 1 saturated heterocycles. The zero-order chi connectivity index (χ0) is 12.1. The smallest absolute Gasteiger partial charge is 0.142 e. The van der Waals surface area contributed by atoms with Crippen LogP contribution in [0.2, 0.25) is 0 Å². The third-order valence-corrected chi connectivity index (χ3v) is 3.00. The molecular weight excluding hydrogens is 216 g/mol. The number of para-hydroxylation sites is 2. The molecule has 1 aromatic carbocycles. The van der Waals surface area contributed by atoms with Gasteiger partial charge in [0.1, 0.15) is 5.75 Å². The molecule has 0 aliphatic carbocycles. The highest BCUT2D eigenvalue weighted by atomic mass is 16.5. The van der Waals surface area contributed by atoms with Gasteiger partial charge in [-0.1, -0.05) is 12.1 Å². The summed E-state index contributed by atoms with van der Waals surface area (Å²) in [4.78, 5) is 2.32. The summed E-state index contributed by atoms with van der Waals surface area (Å²) in [7, 11) is 3.66. The second kappa shape index (κ2) is 5.89. The van der Waals surface area contributed by atoms with E-state index >= 15 is 0 Å². The van der Waals surface area contributed by atoms with Gasteiger partial charge in [-0.3, -0.25) is 0 Å². The molecule has 0 bridgehead atoms. The molecular formula is C13H20N2O2. The van der Waals surface area contributed by atoms with E-state index in [9.17, 15) is 0 Å². The molecule has 1 heterocycles. The molecule has 1 fully saturated rings. The van der Waals surface area contributed by atoms with Crippen molar-refractivity contribution in [3.05, 3.63) is 24.3 Å². The molecule has 4 heteroatoms. The number of likely N-dealkylation sites (N-methyl/N-ethyl adjacent to an activating group) is 1. The predicted molar refractivity (Wildman–Crippen MR) is 68.9 cm³/mol. The molecule has 0 saturated carbocycles. The molecule has 94 valence electrons. The zero-order valence-corrected chi connectivity index (χ0v) is 10.5. The number of hydrogen-bond donors (Lipinski definition) is 1. The summed E-state index contributed by atoms with van der Waals surface area (Å²) >= 11 is 0. The van der Waals surface area contributed by atoms with Crippen LogP contribution in [-0.2, 0) is 4.74 Å². The Morgan fingerprint density at radius 2 is 2.29 bits per heavy atom. The van der Waals surface area contributed by atoms with Crippen LogP contribution < -0.4 is 15.0 Å². The maximum Gasteiger partial charge on any atom is 0.142 e. The van der Waals surface area contributed by atoms with Crippen molar-refractivity contribution in [1.29, 1.82) is 0 Å². The van der Waals surface area contributed by atoms with E-state index in [0.717, 1.165) is 37.7 Å². The number of benzene rings is 1. The van der Waals surface area contributed by atoms with Crippen LogP contribution in [0.1, 0.15) is 0 Å². The van der Waals surface area contributed by atoms with E-state index in [1.807, 2.05) is 25.2 Å². The van der Waals surface area contributed by atoms with Crippen molar-refractivity contribution in [1.82, 2.24) is 5.32 Å². The number of ether oxygens (including phenoxy) is 2. The molecule has 0 aromatic heterocycles. The first-order valence-electron chi connectivity index (χ1n) is 5.99. The van der Waals surface area contributed by atoms with Crippen molar-refractivity contribution in [3.8, 4) is 5.75 Å². The van der Waals surface area contributed by atoms with Crippen LogP contribution in [0.15, 0.2) is 24.3 Å². The monoisotopic (exact) mass is 236 g/mol. The Morgan fingerprint density at radius 1 is 1.47 bits per heavy atom. The highest BCUT2D eigenvalue weighted by molar-refractivity contribution is 5.58. The van der Waals surface area contributed by atoms with Crippen LogP contribution in [0.3, 0.4) is 0 Å². The Balaban J connectivity index is 2.10. The Labute approximate surface area is 103 Å². The molecule has 1 aliphatic heterocycles. The molecule has 1 atom stereocenters. The predicted octanol–water partition coefficient (Wildman–Crippen LogP) is 1.12. The van der Waals surface area contributed by atoms with Gasteiger partial charge in [-0.2, -0.15) is 0 Å². The van der Waals surface area contributed by atoms with Crippen molar-refractivity contribution in [2.75, 3.05) is 45.3 Å². The topological polar surface area (TPSA) is 33.7 Å². The minimum atomic E-state index is 0.249. The van der Waals surface area contributed by atoms with E-state index in [4.69, 9.17) is 9.47 Å². The van der Waals surface area contributed by atoms with Crippen molar-refractivity contribution in [3.63, 3.8) is 0 Å². The number of anilines is 1. The molecule has 0 radical (unpaired) electrons. The van der Waals surface area contributed by atoms with Gasteiger partial charge < -0.3 is 19.7 Å². The number of morpholine rings is 1. The average molecular weight is 236 g/mol. The van der Waals surface area contributed by atoms with Crippen molar-refractivity contribution < 1.29 is 9.47 Å². The van der Waals surface area contributed by atoms with Gasteiger partial charge >= 0.3 is 0 Å². The normalized spacial score (nSPS) is 20.4. The largest absolute Gasteiger partial charge is 0.495 e. The van der Waals surface area contributed by atoms with E-state index in [0.29, 0.717) is 0 Å². The lowest BCUT2D eigenvalue weighted by atomic mass is 10.2. The zero-order valence-electron chi connectivity index (χ0n) is 10.5. The summed E-state index contributed by atoms with van der Waals surface area (Å²) in [6.45, 7) is 3.47. The molecule has 2 rings (SSSR count). The third kappa shape index (κ3) is 2.90. The molecule has 1 aromatic rings. The lowest BCUT2D eigenvalue weighted by Gasteiger charge is -2.35. The van der Waals surface area contributed by atoms with Gasteiger partial charge in [-0.25, -0.2) is 0 Å². The molecule has 0 spiro atoms. The fourth-order valence-corrected chi connectivity index (χ4v) is 2.18. The van der Waals surface area contributed by atoms with Crippen LogP contribution in [0.5, 0.6) is 5.75 Å². The van der Waals surface area contributed by atoms with E-state index in [1.165, 1.54) is 0 Å². The van der Waals surface area contributed by atoms with Gasteiger partial charge in [-0.05, 0) is 19.2 Å². The summed E-state index contributed by atoms with van der Waals surface area (Å²) in [5.41, 5.74) is 1.15. The number of nitrogens with zero attached hydrogens (tertiary/aromatic N) is 1. The number of nitrogens with one attached hydrogen (secondary N) is 1. The quantitative estimate of drug-likeness (QED) is 0.849. The number of rotatable bonds is 4. The maximum absolute atomic E-state index is 5.70. The van der Waals surface area contributed by atoms with Crippen LogP contribution in [0.25, 0.3) is 0 Å². The highest BCUT2D eigenvalue weighted by Gasteiger charge is 2.21. The van der Waals surface area contributed by atoms with Gasteiger partial charge in [0.05, 0.1) is 25.5 Å². The summed E-state index contributed by atoms with van der Waals surface area (Å²) in [5, 5.41) is 3.16. The molecule has 1 unspecified atom stereocenters. The standard InChI is InChI=1S/C13H20N2O2/c1-14-9-11-10-15(7-8-17-11)12-5-3-4-6-13(12)16-2/h3-6,11,14H,7-10H2,1-2H3. The van der Waals surface area contributed by atoms with Crippen LogP contribution in [0.4, 0.5) is 5.69 Å². The molecule has 1 N–H and O–H groups in total. The van der Waals surface area contributed by atoms with Crippen LogP contribution in [0, 0.1) is 0 Å². The van der Waals surface area contributed by atoms with Crippen molar-refractivity contribution in [2.45, 2.75) is 6.10 Å². The second-order valence-corrected chi connectivity index (χ2v) is 4.17. The van der Waals surface area contributed by atoms with E-state index in [1.54, 1.807) is 7.11 Å². The van der Waals surface area contributed by atoms with E-state index in [2.05, 4.69) is 16.3 Å². The lowest BCUT2D eigenvalue weighted by Crippen LogP contribution is -2.46. The van der Waals surface area contributed by atoms with Crippen molar-refractivity contribution >= 4 is 5.69 Å². The maximum atomic E-state index is 5.70.